The summed E-state index contributed by atoms with van der Waals surface area (Å²) in [6.45, 7) is 8.74. The van der Waals surface area contributed by atoms with Crippen molar-refractivity contribution in [2.45, 2.75) is 51.9 Å². The lowest BCUT2D eigenvalue weighted by atomic mass is 10.1. The lowest BCUT2D eigenvalue weighted by molar-refractivity contribution is 0.232. The van der Waals surface area contributed by atoms with Crippen LogP contribution in [0.3, 0.4) is 0 Å². The van der Waals surface area contributed by atoms with Gasteiger partial charge in [-0.25, -0.2) is 0 Å². The Labute approximate surface area is 147 Å². The SMILES string of the molecule is CCNC(=NCCCC1CC1)NCCN1CCCCC1.I. The van der Waals surface area contributed by atoms with Gasteiger partial charge in [-0.2, -0.15) is 0 Å². The minimum Gasteiger partial charge on any atom is -0.357 e. The maximum atomic E-state index is 4.67. The fourth-order valence-electron chi connectivity index (χ4n) is 2.83. The molecule has 124 valence electrons. The molecule has 1 saturated carbocycles. The van der Waals surface area contributed by atoms with E-state index in [-0.39, 0.29) is 24.0 Å². The first-order valence-electron chi connectivity index (χ1n) is 8.63. The van der Waals surface area contributed by atoms with Crippen molar-refractivity contribution in [3.8, 4) is 0 Å². The van der Waals surface area contributed by atoms with E-state index in [0.717, 1.165) is 38.1 Å². The summed E-state index contributed by atoms with van der Waals surface area (Å²) in [5.74, 6) is 2.03. The van der Waals surface area contributed by atoms with E-state index in [1.165, 1.54) is 58.0 Å². The molecule has 0 amide bonds. The lowest BCUT2D eigenvalue weighted by Crippen LogP contribution is -2.42. The van der Waals surface area contributed by atoms with Crippen LogP contribution >= 0.6 is 24.0 Å². The van der Waals surface area contributed by atoms with E-state index >= 15 is 0 Å². The number of likely N-dealkylation sites (tertiary alicyclic amines) is 1. The standard InChI is InChI=1S/C16H32N4.HI/c1-2-17-16(18-10-6-7-15-8-9-15)19-11-14-20-12-4-3-5-13-20;/h15H,2-14H2,1H3,(H2,17,18,19);1H. The molecule has 2 rings (SSSR count). The zero-order valence-corrected chi connectivity index (χ0v) is 15.9. The summed E-state index contributed by atoms with van der Waals surface area (Å²) in [4.78, 5) is 7.23. The Kier molecular flexibility index (Phi) is 10.4. The molecule has 1 aliphatic heterocycles. The van der Waals surface area contributed by atoms with Gasteiger partial charge in [0, 0.05) is 26.2 Å². The number of nitrogens with zero attached hydrogens (tertiary/aromatic N) is 2. The van der Waals surface area contributed by atoms with Crippen molar-refractivity contribution in [3.63, 3.8) is 0 Å². The zero-order chi connectivity index (χ0) is 14.0. The Morgan fingerprint density at radius 3 is 2.57 bits per heavy atom. The van der Waals surface area contributed by atoms with Crippen molar-refractivity contribution in [1.29, 1.82) is 0 Å². The molecule has 0 atom stereocenters. The second kappa shape index (κ2) is 11.5. The average Bonchev–Trinajstić information content (AvgIpc) is 3.29. The molecule has 4 nitrogen and oxygen atoms in total. The monoisotopic (exact) mass is 408 g/mol. The Hall–Kier alpha value is -0.0400. The molecule has 2 fully saturated rings. The molecule has 1 heterocycles. The highest BCUT2D eigenvalue weighted by Crippen LogP contribution is 2.33. The molecular formula is C16H33IN4. The highest BCUT2D eigenvalue weighted by Gasteiger charge is 2.19. The van der Waals surface area contributed by atoms with Gasteiger partial charge in [-0.05, 0) is 51.6 Å². The topological polar surface area (TPSA) is 39.7 Å². The van der Waals surface area contributed by atoms with E-state index in [4.69, 9.17) is 0 Å². The number of halogens is 1. The third-order valence-corrected chi connectivity index (χ3v) is 4.25. The molecule has 0 radical (unpaired) electrons. The van der Waals surface area contributed by atoms with Crippen molar-refractivity contribution >= 4 is 29.9 Å². The van der Waals surface area contributed by atoms with E-state index in [2.05, 4.69) is 27.4 Å². The summed E-state index contributed by atoms with van der Waals surface area (Å²) in [6.07, 6.45) is 9.68. The molecule has 0 bridgehead atoms. The van der Waals surface area contributed by atoms with E-state index < -0.39 is 0 Å². The highest BCUT2D eigenvalue weighted by molar-refractivity contribution is 14.0. The number of rotatable bonds is 8. The van der Waals surface area contributed by atoms with E-state index in [1.54, 1.807) is 0 Å². The molecule has 0 aromatic carbocycles. The van der Waals surface area contributed by atoms with Gasteiger partial charge in [0.05, 0.1) is 0 Å². The van der Waals surface area contributed by atoms with Crippen LogP contribution in [0.15, 0.2) is 4.99 Å². The first kappa shape index (κ1) is 19.0. The van der Waals surface area contributed by atoms with Crippen LogP contribution in [0.1, 0.15) is 51.9 Å². The first-order chi connectivity index (χ1) is 9.88. The summed E-state index contributed by atoms with van der Waals surface area (Å²) in [6, 6.07) is 0. The molecule has 5 heteroatoms. The van der Waals surface area contributed by atoms with E-state index in [0.29, 0.717) is 0 Å². The van der Waals surface area contributed by atoms with Gasteiger partial charge in [-0.1, -0.05) is 19.3 Å². The van der Waals surface area contributed by atoms with Crippen LogP contribution in [0.5, 0.6) is 0 Å². The fourth-order valence-corrected chi connectivity index (χ4v) is 2.83. The largest absolute Gasteiger partial charge is 0.357 e. The number of piperidine rings is 1. The third-order valence-electron chi connectivity index (χ3n) is 4.25. The van der Waals surface area contributed by atoms with Crippen molar-refractivity contribution < 1.29 is 0 Å². The molecule has 0 aromatic rings. The minimum absolute atomic E-state index is 0. The van der Waals surface area contributed by atoms with E-state index in [9.17, 15) is 0 Å². The van der Waals surface area contributed by atoms with Gasteiger partial charge >= 0.3 is 0 Å². The first-order valence-corrected chi connectivity index (χ1v) is 8.63. The minimum atomic E-state index is 0. The Morgan fingerprint density at radius 1 is 1.14 bits per heavy atom. The van der Waals surface area contributed by atoms with Crippen LogP contribution in [-0.2, 0) is 0 Å². The van der Waals surface area contributed by atoms with Crippen LogP contribution in [0.2, 0.25) is 0 Å². The van der Waals surface area contributed by atoms with Gasteiger partial charge in [0.2, 0.25) is 0 Å². The quantitative estimate of drug-likeness (QED) is 0.281. The number of guanidine groups is 1. The molecular weight excluding hydrogens is 375 g/mol. The zero-order valence-electron chi connectivity index (χ0n) is 13.6. The summed E-state index contributed by atoms with van der Waals surface area (Å²) in [7, 11) is 0. The third kappa shape index (κ3) is 8.86. The maximum Gasteiger partial charge on any atom is 0.191 e. The number of hydrogen-bond donors (Lipinski definition) is 2. The molecule has 21 heavy (non-hydrogen) atoms. The maximum absolute atomic E-state index is 4.67. The van der Waals surface area contributed by atoms with Gasteiger partial charge < -0.3 is 15.5 Å². The molecule has 1 saturated heterocycles. The molecule has 0 unspecified atom stereocenters. The Morgan fingerprint density at radius 2 is 1.90 bits per heavy atom. The fraction of sp³-hybridized carbons (Fsp3) is 0.938. The molecule has 2 N–H and O–H groups in total. The summed E-state index contributed by atoms with van der Waals surface area (Å²) in [5, 5.41) is 6.81. The van der Waals surface area contributed by atoms with Crippen LogP contribution in [0, 0.1) is 5.92 Å². The van der Waals surface area contributed by atoms with Gasteiger partial charge in [-0.15, -0.1) is 24.0 Å². The normalized spacial score (nSPS) is 20.0. The van der Waals surface area contributed by atoms with Crippen LogP contribution in [0.25, 0.3) is 0 Å². The molecule has 0 aromatic heterocycles. The van der Waals surface area contributed by atoms with Gasteiger partial charge in [0.25, 0.3) is 0 Å². The van der Waals surface area contributed by atoms with Crippen LogP contribution < -0.4 is 10.6 Å². The van der Waals surface area contributed by atoms with Gasteiger partial charge in [0.15, 0.2) is 5.96 Å². The average molecular weight is 408 g/mol. The number of aliphatic imine (C=N–C) groups is 1. The Bertz CT molecular complexity index is 286. The second-order valence-electron chi connectivity index (χ2n) is 6.18. The highest BCUT2D eigenvalue weighted by atomic mass is 127. The lowest BCUT2D eigenvalue weighted by Gasteiger charge is -2.26. The predicted molar refractivity (Wildman–Crippen MR) is 102 cm³/mol. The van der Waals surface area contributed by atoms with Crippen LogP contribution in [0.4, 0.5) is 0 Å². The van der Waals surface area contributed by atoms with Crippen molar-refractivity contribution in [1.82, 2.24) is 15.5 Å². The number of hydrogen-bond acceptors (Lipinski definition) is 2. The molecule has 0 spiro atoms. The molecule has 2 aliphatic rings. The summed E-state index contributed by atoms with van der Waals surface area (Å²) < 4.78 is 0. The van der Waals surface area contributed by atoms with Crippen molar-refractivity contribution in [2.75, 3.05) is 39.3 Å². The predicted octanol–water partition coefficient (Wildman–Crippen LogP) is 2.84. The van der Waals surface area contributed by atoms with Crippen LogP contribution in [-0.4, -0.2) is 50.1 Å². The second-order valence-corrected chi connectivity index (χ2v) is 6.18. The summed E-state index contributed by atoms with van der Waals surface area (Å²) >= 11 is 0. The van der Waals surface area contributed by atoms with Crippen molar-refractivity contribution in [2.24, 2.45) is 10.9 Å². The van der Waals surface area contributed by atoms with E-state index in [1.807, 2.05) is 0 Å². The summed E-state index contributed by atoms with van der Waals surface area (Å²) in [5.41, 5.74) is 0. The smallest absolute Gasteiger partial charge is 0.191 e. The molecule has 1 aliphatic carbocycles. The Balaban J connectivity index is 0.00000220. The van der Waals surface area contributed by atoms with Gasteiger partial charge in [0.1, 0.15) is 0 Å². The van der Waals surface area contributed by atoms with Gasteiger partial charge in [-0.3, -0.25) is 4.99 Å². The number of nitrogens with one attached hydrogen (secondary N) is 2. The van der Waals surface area contributed by atoms with Crippen molar-refractivity contribution in [3.05, 3.63) is 0 Å².